The molecule has 0 spiro atoms. The van der Waals surface area contributed by atoms with E-state index < -0.39 is 0 Å². The highest BCUT2D eigenvalue weighted by atomic mass is 16.5. The molecule has 2 rings (SSSR count). The van der Waals surface area contributed by atoms with E-state index in [2.05, 4.69) is 37.9 Å². The molecule has 0 aromatic carbocycles. The summed E-state index contributed by atoms with van der Waals surface area (Å²) in [5.74, 6) is 0.762. The lowest BCUT2D eigenvalue weighted by Gasteiger charge is -2.44. The largest absolute Gasteiger partial charge is 0.374 e. The maximum atomic E-state index is 6.00. The van der Waals surface area contributed by atoms with Crippen molar-refractivity contribution in [2.45, 2.75) is 71.1 Å². The number of nitrogens with one attached hydrogen (secondary N) is 1. The smallest absolute Gasteiger partial charge is 0.0781 e. The molecule has 2 aliphatic heterocycles. The van der Waals surface area contributed by atoms with Gasteiger partial charge in [-0.3, -0.25) is 4.90 Å². The van der Waals surface area contributed by atoms with E-state index in [0.717, 1.165) is 25.6 Å². The fraction of sp³-hybridized carbons (Fsp3) is 1.00. The van der Waals surface area contributed by atoms with Crippen LogP contribution in [0.1, 0.15) is 53.4 Å². The van der Waals surface area contributed by atoms with Gasteiger partial charge in [-0.2, -0.15) is 0 Å². The topological polar surface area (TPSA) is 24.5 Å². The van der Waals surface area contributed by atoms with Gasteiger partial charge in [0.15, 0.2) is 0 Å². The fourth-order valence-corrected chi connectivity index (χ4v) is 3.54. The number of piperazine rings is 1. The molecule has 0 saturated carbocycles. The molecular formula is C16H32N2O. The van der Waals surface area contributed by atoms with Crippen molar-refractivity contribution in [3.63, 3.8) is 0 Å². The maximum Gasteiger partial charge on any atom is 0.0781 e. The molecule has 0 radical (unpaired) electrons. The van der Waals surface area contributed by atoms with Gasteiger partial charge in [0.2, 0.25) is 0 Å². The quantitative estimate of drug-likeness (QED) is 0.829. The van der Waals surface area contributed by atoms with Crippen LogP contribution in [0.25, 0.3) is 0 Å². The summed E-state index contributed by atoms with van der Waals surface area (Å²) in [6.45, 7) is 13.7. The van der Waals surface area contributed by atoms with Gasteiger partial charge in [0.05, 0.1) is 5.60 Å². The predicted octanol–water partition coefficient (Wildman–Crippen LogP) is 2.65. The van der Waals surface area contributed by atoms with Crippen molar-refractivity contribution in [2.75, 3.05) is 26.2 Å². The van der Waals surface area contributed by atoms with Gasteiger partial charge in [0.25, 0.3) is 0 Å². The van der Waals surface area contributed by atoms with Crippen molar-refractivity contribution in [3.8, 4) is 0 Å². The van der Waals surface area contributed by atoms with Crippen molar-refractivity contribution in [1.29, 1.82) is 0 Å². The van der Waals surface area contributed by atoms with Crippen LogP contribution in [-0.2, 0) is 4.74 Å². The highest BCUT2D eigenvalue weighted by Crippen LogP contribution is 2.28. The van der Waals surface area contributed by atoms with Gasteiger partial charge in [-0.05, 0) is 32.1 Å². The van der Waals surface area contributed by atoms with E-state index in [1.807, 2.05) is 0 Å². The Morgan fingerprint density at radius 2 is 2.21 bits per heavy atom. The molecule has 0 aliphatic carbocycles. The van der Waals surface area contributed by atoms with Crippen molar-refractivity contribution >= 4 is 0 Å². The van der Waals surface area contributed by atoms with Crippen LogP contribution in [0.4, 0.5) is 0 Å². The number of nitrogens with zero attached hydrogens (tertiary/aromatic N) is 1. The number of rotatable bonds is 5. The lowest BCUT2D eigenvalue weighted by Crippen LogP contribution is -2.60. The predicted molar refractivity (Wildman–Crippen MR) is 80.5 cm³/mol. The van der Waals surface area contributed by atoms with Crippen molar-refractivity contribution in [2.24, 2.45) is 5.92 Å². The van der Waals surface area contributed by atoms with E-state index in [1.54, 1.807) is 0 Å². The molecule has 0 aromatic heterocycles. The van der Waals surface area contributed by atoms with Gasteiger partial charge < -0.3 is 10.1 Å². The molecule has 3 heteroatoms. The molecular weight excluding hydrogens is 236 g/mol. The lowest BCUT2D eigenvalue weighted by molar-refractivity contribution is -0.0309. The minimum Gasteiger partial charge on any atom is -0.374 e. The zero-order valence-electron chi connectivity index (χ0n) is 13.2. The number of ether oxygens (including phenoxy) is 1. The molecule has 2 aliphatic rings. The molecule has 4 atom stereocenters. The third-order valence-electron chi connectivity index (χ3n) is 5.20. The summed E-state index contributed by atoms with van der Waals surface area (Å²) >= 11 is 0. The van der Waals surface area contributed by atoms with Crippen LogP contribution < -0.4 is 5.32 Å². The normalized spacial score (nSPS) is 38.5. The Labute approximate surface area is 119 Å². The zero-order valence-corrected chi connectivity index (χ0v) is 13.2. The summed E-state index contributed by atoms with van der Waals surface area (Å²) in [4.78, 5) is 2.69. The van der Waals surface area contributed by atoms with Crippen molar-refractivity contribution in [3.05, 3.63) is 0 Å². The highest BCUT2D eigenvalue weighted by Gasteiger charge is 2.37. The summed E-state index contributed by atoms with van der Waals surface area (Å²) in [7, 11) is 0. The first kappa shape index (κ1) is 15.3. The maximum absolute atomic E-state index is 6.00. The van der Waals surface area contributed by atoms with Crippen LogP contribution in [-0.4, -0.2) is 48.8 Å². The summed E-state index contributed by atoms with van der Waals surface area (Å²) in [5, 5.41) is 3.76. The first-order valence-electron chi connectivity index (χ1n) is 8.19. The SMILES string of the molecule is CCC(C)C1CN(CC2(C)CCCO2)C(CC)CN1. The van der Waals surface area contributed by atoms with Gasteiger partial charge >= 0.3 is 0 Å². The zero-order chi connectivity index (χ0) is 13.9. The monoisotopic (exact) mass is 268 g/mol. The molecule has 19 heavy (non-hydrogen) atoms. The van der Waals surface area contributed by atoms with E-state index in [9.17, 15) is 0 Å². The first-order valence-corrected chi connectivity index (χ1v) is 8.19. The third-order valence-corrected chi connectivity index (χ3v) is 5.20. The lowest BCUT2D eigenvalue weighted by atomic mass is 9.93. The van der Waals surface area contributed by atoms with Crippen LogP contribution in [0.15, 0.2) is 0 Å². The minimum atomic E-state index is 0.102. The second kappa shape index (κ2) is 6.55. The average Bonchev–Trinajstić information content (AvgIpc) is 2.84. The molecule has 2 fully saturated rings. The van der Waals surface area contributed by atoms with E-state index in [0.29, 0.717) is 12.1 Å². The van der Waals surface area contributed by atoms with Gasteiger partial charge in [-0.15, -0.1) is 0 Å². The van der Waals surface area contributed by atoms with Crippen LogP contribution in [0.2, 0.25) is 0 Å². The molecule has 0 amide bonds. The molecule has 2 heterocycles. The van der Waals surface area contributed by atoms with Crippen molar-refractivity contribution in [1.82, 2.24) is 10.2 Å². The minimum absolute atomic E-state index is 0.102. The molecule has 1 N–H and O–H groups in total. The fourth-order valence-electron chi connectivity index (χ4n) is 3.54. The Bertz CT molecular complexity index is 276. The third kappa shape index (κ3) is 3.71. The van der Waals surface area contributed by atoms with Crippen molar-refractivity contribution < 1.29 is 4.74 Å². The first-order chi connectivity index (χ1) is 9.08. The summed E-state index contributed by atoms with van der Waals surface area (Å²) in [6.07, 6.45) is 4.95. The van der Waals surface area contributed by atoms with Gasteiger partial charge in [0.1, 0.15) is 0 Å². The summed E-state index contributed by atoms with van der Waals surface area (Å²) < 4.78 is 6.00. The summed E-state index contributed by atoms with van der Waals surface area (Å²) in [6, 6.07) is 1.33. The number of hydrogen-bond acceptors (Lipinski definition) is 3. The van der Waals surface area contributed by atoms with Gasteiger partial charge in [-0.25, -0.2) is 0 Å². The van der Waals surface area contributed by atoms with E-state index >= 15 is 0 Å². The van der Waals surface area contributed by atoms with Crippen LogP contribution in [0.3, 0.4) is 0 Å². The molecule has 4 unspecified atom stereocenters. The highest BCUT2D eigenvalue weighted by molar-refractivity contribution is 4.92. The Kier molecular flexibility index (Phi) is 5.27. The Balaban J connectivity index is 1.97. The van der Waals surface area contributed by atoms with Crippen LogP contribution in [0, 0.1) is 5.92 Å². The van der Waals surface area contributed by atoms with E-state index in [4.69, 9.17) is 4.74 Å². The molecule has 2 saturated heterocycles. The summed E-state index contributed by atoms with van der Waals surface area (Å²) in [5.41, 5.74) is 0.102. The molecule has 3 nitrogen and oxygen atoms in total. The number of hydrogen-bond donors (Lipinski definition) is 1. The molecule has 0 aromatic rings. The van der Waals surface area contributed by atoms with E-state index in [-0.39, 0.29) is 5.60 Å². The Hall–Kier alpha value is -0.120. The average molecular weight is 268 g/mol. The standard InChI is InChI=1S/C16H32N2O/c1-5-13(3)15-11-18(14(6-2)10-17-15)12-16(4)8-7-9-19-16/h13-15,17H,5-12H2,1-4H3. The van der Waals surface area contributed by atoms with E-state index in [1.165, 1.54) is 32.2 Å². The Morgan fingerprint density at radius 3 is 2.79 bits per heavy atom. The van der Waals surface area contributed by atoms with Crippen LogP contribution >= 0.6 is 0 Å². The van der Waals surface area contributed by atoms with Gasteiger partial charge in [-0.1, -0.05) is 27.2 Å². The Morgan fingerprint density at radius 1 is 1.42 bits per heavy atom. The van der Waals surface area contributed by atoms with Crippen LogP contribution in [0.5, 0.6) is 0 Å². The van der Waals surface area contributed by atoms with Gasteiger partial charge in [0, 0.05) is 38.3 Å². The molecule has 0 bridgehead atoms. The molecule has 112 valence electrons. The second-order valence-electron chi connectivity index (χ2n) is 6.79. The second-order valence-corrected chi connectivity index (χ2v) is 6.79.